The van der Waals surface area contributed by atoms with Crippen LogP contribution in [0, 0.1) is 0 Å². The van der Waals surface area contributed by atoms with Crippen LogP contribution < -0.4 is 14.8 Å². The van der Waals surface area contributed by atoms with Crippen molar-refractivity contribution in [2.45, 2.75) is 13.0 Å². The first kappa shape index (κ1) is 19.3. The maximum atomic E-state index is 12.9. The van der Waals surface area contributed by atoms with E-state index in [0.717, 1.165) is 6.08 Å². The molecule has 0 fully saturated rings. The van der Waals surface area contributed by atoms with Crippen molar-refractivity contribution < 1.29 is 24.2 Å². The standard InChI is InChI=1S/C21H22N2O5/c1-3-20(25)22-16-11-14(9-10-17(16)24)21(26)23(4-2)12-15-13-27-18-7-5-6-8-19(18)28-15/h3,5-11,15,24H,1,4,12-13H2,2H3,(H,22,25). The molecule has 28 heavy (non-hydrogen) atoms. The van der Waals surface area contributed by atoms with Gasteiger partial charge in [0.1, 0.15) is 12.4 Å². The van der Waals surface area contributed by atoms with Crippen molar-refractivity contribution in [2.24, 2.45) is 0 Å². The minimum Gasteiger partial charge on any atom is -0.506 e. The van der Waals surface area contributed by atoms with Crippen LogP contribution in [-0.4, -0.2) is 47.6 Å². The summed E-state index contributed by atoms with van der Waals surface area (Å²) in [4.78, 5) is 26.1. The first-order valence-electron chi connectivity index (χ1n) is 8.96. The highest BCUT2D eigenvalue weighted by Gasteiger charge is 2.25. The van der Waals surface area contributed by atoms with Crippen LogP contribution in [-0.2, 0) is 4.79 Å². The minimum absolute atomic E-state index is 0.129. The number of hydrogen-bond acceptors (Lipinski definition) is 5. The normalized spacial score (nSPS) is 14.8. The van der Waals surface area contributed by atoms with E-state index in [-0.39, 0.29) is 23.4 Å². The predicted octanol–water partition coefficient (Wildman–Crippen LogP) is 2.82. The van der Waals surface area contributed by atoms with Gasteiger partial charge in [0, 0.05) is 12.1 Å². The van der Waals surface area contributed by atoms with Crippen LogP contribution in [0.5, 0.6) is 17.2 Å². The number of para-hydroxylation sites is 2. The van der Waals surface area contributed by atoms with Crippen LogP contribution in [0.4, 0.5) is 5.69 Å². The molecule has 1 aliphatic heterocycles. The summed E-state index contributed by atoms with van der Waals surface area (Å²) in [5.41, 5.74) is 0.495. The lowest BCUT2D eigenvalue weighted by molar-refractivity contribution is -0.111. The molecule has 1 atom stereocenters. The van der Waals surface area contributed by atoms with E-state index in [2.05, 4.69) is 11.9 Å². The van der Waals surface area contributed by atoms with Gasteiger partial charge in [-0.15, -0.1) is 0 Å². The number of hydrogen-bond donors (Lipinski definition) is 2. The van der Waals surface area contributed by atoms with Gasteiger partial charge >= 0.3 is 0 Å². The van der Waals surface area contributed by atoms with Crippen LogP contribution in [0.2, 0.25) is 0 Å². The molecule has 1 heterocycles. The van der Waals surface area contributed by atoms with Crippen molar-refractivity contribution in [3.05, 3.63) is 60.7 Å². The van der Waals surface area contributed by atoms with Crippen LogP contribution in [0.3, 0.4) is 0 Å². The SMILES string of the molecule is C=CC(=O)Nc1cc(C(=O)N(CC)CC2COc3ccccc3O2)ccc1O. The summed E-state index contributed by atoms with van der Waals surface area (Å²) in [5.74, 6) is 0.503. The number of aromatic hydroxyl groups is 1. The molecule has 0 saturated carbocycles. The van der Waals surface area contributed by atoms with Crippen LogP contribution in [0.25, 0.3) is 0 Å². The second kappa shape index (κ2) is 8.47. The molecule has 0 spiro atoms. The number of benzene rings is 2. The van der Waals surface area contributed by atoms with Crippen molar-refractivity contribution in [2.75, 3.05) is 25.0 Å². The number of likely N-dealkylation sites (N-methyl/N-ethyl adjacent to an activating group) is 1. The quantitative estimate of drug-likeness (QED) is 0.593. The summed E-state index contributed by atoms with van der Waals surface area (Å²) >= 11 is 0. The molecule has 2 N–H and O–H groups in total. The molecule has 3 rings (SSSR count). The fourth-order valence-corrected chi connectivity index (χ4v) is 2.89. The average Bonchev–Trinajstić information content (AvgIpc) is 2.72. The van der Waals surface area contributed by atoms with Gasteiger partial charge in [-0.05, 0) is 43.3 Å². The Balaban J connectivity index is 1.72. The Morgan fingerprint density at radius 3 is 2.75 bits per heavy atom. The van der Waals surface area contributed by atoms with Crippen LogP contribution >= 0.6 is 0 Å². The molecule has 0 saturated heterocycles. The molecule has 1 aliphatic rings. The first-order valence-corrected chi connectivity index (χ1v) is 8.96. The Labute approximate surface area is 163 Å². The van der Waals surface area contributed by atoms with Crippen molar-refractivity contribution in [3.8, 4) is 17.2 Å². The Morgan fingerprint density at radius 1 is 1.29 bits per heavy atom. The van der Waals surface area contributed by atoms with E-state index in [1.807, 2.05) is 31.2 Å². The van der Waals surface area contributed by atoms with Gasteiger partial charge in [0.15, 0.2) is 17.6 Å². The van der Waals surface area contributed by atoms with Gasteiger partial charge in [-0.1, -0.05) is 18.7 Å². The number of phenolic OH excluding ortho intramolecular Hbond substituents is 1. The molecule has 0 bridgehead atoms. The van der Waals surface area contributed by atoms with E-state index >= 15 is 0 Å². The van der Waals surface area contributed by atoms with Crippen LogP contribution in [0.1, 0.15) is 17.3 Å². The molecular weight excluding hydrogens is 360 g/mol. The number of nitrogens with one attached hydrogen (secondary N) is 1. The number of amides is 2. The molecule has 0 radical (unpaired) electrons. The minimum atomic E-state index is -0.473. The number of rotatable bonds is 6. The summed E-state index contributed by atoms with van der Waals surface area (Å²) < 4.78 is 11.6. The number of phenols is 1. The van der Waals surface area contributed by atoms with Crippen LogP contribution in [0.15, 0.2) is 55.1 Å². The van der Waals surface area contributed by atoms with E-state index < -0.39 is 5.91 Å². The third-order valence-corrected chi connectivity index (χ3v) is 4.35. The van der Waals surface area contributed by atoms with Gasteiger partial charge in [0.05, 0.1) is 12.2 Å². The predicted molar refractivity (Wildman–Crippen MR) is 105 cm³/mol. The largest absolute Gasteiger partial charge is 0.506 e. The fraction of sp³-hybridized carbons (Fsp3) is 0.238. The third kappa shape index (κ3) is 4.25. The second-order valence-corrected chi connectivity index (χ2v) is 6.27. The fourth-order valence-electron chi connectivity index (χ4n) is 2.89. The molecule has 0 aliphatic carbocycles. The third-order valence-electron chi connectivity index (χ3n) is 4.35. The molecule has 2 aromatic rings. The number of nitrogens with zero attached hydrogens (tertiary/aromatic N) is 1. The van der Waals surface area contributed by atoms with Crippen molar-refractivity contribution in [1.29, 1.82) is 0 Å². The van der Waals surface area contributed by atoms with Gasteiger partial charge < -0.3 is 24.8 Å². The average molecular weight is 382 g/mol. The monoisotopic (exact) mass is 382 g/mol. The lowest BCUT2D eigenvalue weighted by atomic mass is 10.1. The van der Waals surface area contributed by atoms with Crippen molar-refractivity contribution in [1.82, 2.24) is 4.90 Å². The molecule has 2 aromatic carbocycles. The number of carbonyl (C=O) groups excluding carboxylic acids is 2. The smallest absolute Gasteiger partial charge is 0.254 e. The molecule has 7 nitrogen and oxygen atoms in total. The van der Waals surface area contributed by atoms with Crippen molar-refractivity contribution >= 4 is 17.5 Å². The highest BCUT2D eigenvalue weighted by molar-refractivity contribution is 6.02. The van der Waals surface area contributed by atoms with E-state index in [9.17, 15) is 14.7 Å². The molecule has 0 aromatic heterocycles. The Morgan fingerprint density at radius 2 is 2.04 bits per heavy atom. The number of fused-ring (bicyclic) bond motifs is 1. The Bertz CT molecular complexity index is 896. The van der Waals surface area contributed by atoms with Gasteiger partial charge in [-0.2, -0.15) is 0 Å². The van der Waals surface area contributed by atoms with E-state index in [0.29, 0.717) is 36.8 Å². The number of carbonyl (C=O) groups is 2. The molecule has 1 unspecified atom stereocenters. The Hall–Kier alpha value is -3.48. The molecule has 146 valence electrons. The number of anilines is 1. The van der Waals surface area contributed by atoms with E-state index in [1.165, 1.54) is 18.2 Å². The maximum absolute atomic E-state index is 12.9. The molecular formula is C21H22N2O5. The maximum Gasteiger partial charge on any atom is 0.254 e. The van der Waals surface area contributed by atoms with Gasteiger partial charge in [0.2, 0.25) is 5.91 Å². The first-order chi connectivity index (χ1) is 13.5. The molecule has 7 heteroatoms. The second-order valence-electron chi connectivity index (χ2n) is 6.27. The van der Waals surface area contributed by atoms with Gasteiger partial charge in [-0.3, -0.25) is 9.59 Å². The zero-order valence-electron chi connectivity index (χ0n) is 15.6. The van der Waals surface area contributed by atoms with Gasteiger partial charge in [0.25, 0.3) is 5.91 Å². The summed E-state index contributed by atoms with van der Waals surface area (Å²) in [7, 11) is 0. The Kier molecular flexibility index (Phi) is 5.84. The summed E-state index contributed by atoms with van der Waals surface area (Å²) in [6.07, 6.45) is 0.792. The molecule has 2 amide bonds. The lowest BCUT2D eigenvalue weighted by Gasteiger charge is -2.31. The number of ether oxygens (including phenoxy) is 2. The van der Waals surface area contributed by atoms with E-state index in [1.54, 1.807) is 4.90 Å². The lowest BCUT2D eigenvalue weighted by Crippen LogP contribution is -2.43. The topological polar surface area (TPSA) is 88.1 Å². The highest BCUT2D eigenvalue weighted by atomic mass is 16.6. The summed E-state index contributed by atoms with van der Waals surface area (Å²) in [5, 5.41) is 12.4. The highest BCUT2D eigenvalue weighted by Crippen LogP contribution is 2.31. The zero-order valence-corrected chi connectivity index (χ0v) is 15.6. The van der Waals surface area contributed by atoms with E-state index in [4.69, 9.17) is 9.47 Å². The zero-order chi connectivity index (χ0) is 20.1. The van der Waals surface area contributed by atoms with Gasteiger partial charge in [-0.25, -0.2) is 0 Å². The van der Waals surface area contributed by atoms with Crippen molar-refractivity contribution in [3.63, 3.8) is 0 Å². The summed E-state index contributed by atoms with van der Waals surface area (Å²) in [6.45, 7) is 6.40. The summed E-state index contributed by atoms with van der Waals surface area (Å²) in [6, 6.07) is 11.7.